The summed E-state index contributed by atoms with van der Waals surface area (Å²) >= 11 is 1.04. The molecule has 1 saturated heterocycles. The summed E-state index contributed by atoms with van der Waals surface area (Å²) in [5, 5.41) is 2.77. The summed E-state index contributed by atoms with van der Waals surface area (Å²) < 4.78 is 0. The molecule has 2 fully saturated rings. The molecule has 2 atom stereocenters. The molecule has 1 aliphatic heterocycles. The first-order valence-corrected chi connectivity index (χ1v) is 8.35. The lowest BCUT2D eigenvalue weighted by Crippen LogP contribution is -2.54. The Bertz CT molecular complexity index is 577. The quantitative estimate of drug-likeness (QED) is 0.919. The Labute approximate surface area is 132 Å². The first-order chi connectivity index (χ1) is 10.7. The van der Waals surface area contributed by atoms with E-state index in [0.717, 1.165) is 37.4 Å². The van der Waals surface area contributed by atoms with E-state index in [0.29, 0.717) is 5.56 Å². The van der Waals surface area contributed by atoms with Gasteiger partial charge in [0.05, 0.1) is 23.4 Å². The highest BCUT2D eigenvalue weighted by Crippen LogP contribution is 2.30. The van der Waals surface area contributed by atoms with Gasteiger partial charge in [0.2, 0.25) is 5.91 Å². The minimum atomic E-state index is -0.232. The van der Waals surface area contributed by atoms with Crippen LogP contribution in [0.5, 0.6) is 0 Å². The van der Waals surface area contributed by atoms with Crippen molar-refractivity contribution in [3.05, 3.63) is 30.1 Å². The van der Waals surface area contributed by atoms with E-state index in [-0.39, 0.29) is 34.9 Å². The maximum atomic E-state index is 12.3. The van der Waals surface area contributed by atoms with Crippen LogP contribution in [0.1, 0.15) is 36.0 Å². The van der Waals surface area contributed by atoms with Crippen molar-refractivity contribution in [3.63, 3.8) is 0 Å². The molecule has 3 amide bonds. The summed E-state index contributed by atoms with van der Waals surface area (Å²) in [6.07, 6.45) is 6.59. The lowest BCUT2D eigenvalue weighted by molar-refractivity contribution is -0.127. The number of amides is 3. The third-order valence-corrected chi connectivity index (χ3v) is 4.92. The molecular weight excluding hydrogens is 302 g/mol. The van der Waals surface area contributed by atoms with Crippen LogP contribution >= 0.6 is 11.8 Å². The molecule has 0 spiro atoms. The number of hydrogen-bond acceptors (Lipinski definition) is 5. The van der Waals surface area contributed by atoms with Crippen LogP contribution in [-0.4, -0.2) is 44.8 Å². The van der Waals surface area contributed by atoms with Crippen LogP contribution in [0.2, 0.25) is 0 Å². The number of nitrogens with zero attached hydrogens (tertiary/aromatic N) is 2. The Kier molecular flexibility index (Phi) is 4.42. The summed E-state index contributed by atoms with van der Waals surface area (Å²) in [6.45, 7) is 0. The first kappa shape index (κ1) is 15.0. The minimum Gasteiger partial charge on any atom is -0.347 e. The molecular formula is C15H17N3O3S. The van der Waals surface area contributed by atoms with Gasteiger partial charge in [0.25, 0.3) is 11.1 Å². The van der Waals surface area contributed by atoms with Crippen LogP contribution in [0, 0.1) is 0 Å². The van der Waals surface area contributed by atoms with E-state index in [1.807, 2.05) is 0 Å². The molecule has 1 saturated carbocycles. The number of thioether (sulfide) groups is 1. The van der Waals surface area contributed by atoms with Crippen molar-refractivity contribution in [3.8, 4) is 0 Å². The van der Waals surface area contributed by atoms with Gasteiger partial charge in [-0.2, -0.15) is 0 Å². The molecule has 2 unspecified atom stereocenters. The number of imide groups is 1. The zero-order chi connectivity index (χ0) is 15.5. The van der Waals surface area contributed by atoms with Crippen LogP contribution in [0.15, 0.2) is 24.5 Å². The highest BCUT2D eigenvalue weighted by Gasteiger charge is 2.41. The number of aromatic nitrogens is 1. The summed E-state index contributed by atoms with van der Waals surface area (Å²) in [7, 11) is 0. The van der Waals surface area contributed by atoms with Gasteiger partial charge in [0.15, 0.2) is 0 Å². The Morgan fingerprint density at radius 3 is 2.82 bits per heavy atom. The third-order valence-electron chi connectivity index (χ3n) is 4.09. The van der Waals surface area contributed by atoms with E-state index in [1.54, 1.807) is 18.3 Å². The number of carbonyl (C=O) groups excluding carboxylic acids is 3. The number of pyridine rings is 1. The molecule has 2 aliphatic rings. The molecule has 1 aromatic rings. The largest absolute Gasteiger partial charge is 0.347 e. The molecule has 1 aliphatic carbocycles. The topological polar surface area (TPSA) is 79.4 Å². The second kappa shape index (κ2) is 6.48. The molecule has 0 aromatic carbocycles. The highest BCUT2D eigenvalue weighted by molar-refractivity contribution is 8.14. The normalized spacial score (nSPS) is 25.4. The average molecular weight is 319 g/mol. The Hall–Kier alpha value is -1.89. The number of hydrogen-bond donors (Lipinski definition) is 1. The van der Waals surface area contributed by atoms with Gasteiger partial charge in [-0.25, -0.2) is 0 Å². The van der Waals surface area contributed by atoms with Gasteiger partial charge in [-0.3, -0.25) is 24.3 Å². The first-order valence-electron chi connectivity index (χ1n) is 7.36. The summed E-state index contributed by atoms with van der Waals surface area (Å²) in [5.41, 5.74) is 0.486. The van der Waals surface area contributed by atoms with Crippen molar-refractivity contribution in [1.82, 2.24) is 15.2 Å². The second-order valence-electron chi connectivity index (χ2n) is 5.49. The number of rotatable bonds is 3. The van der Waals surface area contributed by atoms with E-state index in [1.165, 1.54) is 11.1 Å². The van der Waals surface area contributed by atoms with Gasteiger partial charge in [-0.15, -0.1) is 0 Å². The number of nitrogens with one attached hydrogen (secondary N) is 1. The van der Waals surface area contributed by atoms with E-state index in [2.05, 4.69) is 10.3 Å². The summed E-state index contributed by atoms with van der Waals surface area (Å²) in [5.74, 6) is -0.155. The van der Waals surface area contributed by atoms with Crippen LogP contribution in [0.3, 0.4) is 0 Å². The van der Waals surface area contributed by atoms with Crippen molar-refractivity contribution < 1.29 is 14.4 Å². The highest BCUT2D eigenvalue weighted by atomic mass is 32.2. The van der Waals surface area contributed by atoms with Gasteiger partial charge >= 0.3 is 0 Å². The molecule has 7 heteroatoms. The van der Waals surface area contributed by atoms with Crippen LogP contribution in [-0.2, 0) is 4.79 Å². The predicted molar refractivity (Wildman–Crippen MR) is 82.4 cm³/mol. The van der Waals surface area contributed by atoms with Gasteiger partial charge in [-0.05, 0) is 25.0 Å². The molecule has 116 valence electrons. The molecule has 1 N–H and O–H groups in total. The average Bonchev–Trinajstić information content (AvgIpc) is 2.88. The molecule has 0 bridgehead atoms. The van der Waals surface area contributed by atoms with Gasteiger partial charge < -0.3 is 5.32 Å². The monoisotopic (exact) mass is 319 g/mol. The fourth-order valence-electron chi connectivity index (χ4n) is 3.02. The fourth-order valence-corrected chi connectivity index (χ4v) is 3.78. The maximum Gasteiger partial charge on any atom is 0.289 e. The Morgan fingerprint density at radius 1 is 1.32 bits per heavy atom. The Morgan fingerprint density at radius 2 is 2.14 bits per heavy atom. The Balaban J connectivity index is 1.74. The maximum absolute atomic E-state index is 12.3. The van der Waals surface area contributed by atoms with Gasteiger partial charge in [0, 0.05) is 12.4 Å². The van der Waals surface area contributed by atoms with Crippen molar-refractivity contribution >= 4 is 28.8 Å². The van der Waals surface area contributed by atoms with Crippen molar-refractivity contribution in [2.24, 2.45) is 0 Å². The molecule has 2 heterocycles. The second-order valence-corrected chi connectivity index (χ2v) is 6.42. The van der Waals surface area contributed by atoms with Crippen LogP contribution in [0.4, 0.5) is 4.79 Å². The molecule has 3 rings (SSSR count). The van der Waals surface area contributed by atoms with Gasteiger partial charge in [0.1, 0.15) is 0 Å². The third kappa shape index (κ3) is 2.99. The van der Waals surface area contributed by atoms with E-state index >= 15 is 0 Å². The predicted octanol–water partition coefficient (Wildman–Crippen LogP) is 1.82. The zero-order valence-corrected chi connectivity index (χ0v) is 12.8. The standard InChI is InChI=1S/C15H17N3O3S/c19-13-9-22-15(21)18(13)12-6-2-1-5-11(12)17-14(20)10-4-3-7-16-8-10/h3-4,7-8,11-12H,1-2,5-6,9H2,(H,17,20). The molecule has 1 aromatic heterocycles. The van der Waals surface area contributed by atoms with E-state index < -0.39 is 0 Å². The number of carbonyl (C=O) groups is 3. The van der Waals surface area contributed by atoms with Crippen molar-refractivity contribution in [1.29, 1.82) is 0 Å². The van der Waals surface area contributed by atoms with E-state index in [9.17, 15) is 14.4 Å². The SMILES string of the molecule is O=C(NC1CCCCC1N1C(=O)CSC1=O)c1cccnc1. The van der Waals surface area contributed by atoms with E-state index in [4.69, 9.17) is 0 Å². The minimum absolute atomic E-state index is 0.150. The zero-order valence-electron chi connectivity index (χ0n) is 12.0. The van der Waals surface area contributed by atoms with Crippen molar-refractivity contribution in [2.45, 2.75) is 37.8 Å². The lowest BCUT2D eigenvalue weighted by Gasteiger charge is -2.36. The van der Waals surface area contributed by atoms with Gasteiger partial charge in [-0.1, -0.05) is 24.6 Å². The fraction of sp³-hybridized carbons (Fsp3) is 0.467. The molecule has 0 radical (unpaired) electrons. The smallest absolute Gasteiger partial charge is 0.289 e. The van der Waals surface area contributed by atoms with Crippen molar-refractivity contribution in [2.75, 3.05) is 5.75 Å². The molecule has 22 heavy (non-hydrogen) atoms. The molecule has 6 nitrogen and oxygen atoms in total. The lowest BCUT2D eigenvalue weighted by atomic mass is 9.89. The van der Waals surface area contributed by atoms with Crippen LogP contribution in [0.25, 0.3) is 0 Å². The summed E-state index contributed by atoms with van der Waals surface area (Å²) in [4.78, 5) is 41.5. The summed E-state index contributed by atoms with van der Waals surface area (Å²) in [6, 6.07) is 2.98. The van der Waals surface area contributed by atoms with Crippen LogP contribution < -0.4 is 5.32 Å².